The molecule has 7 heteroatoms. The first-order chi connectivity index (χ1) is 9.75. The highest BCUT2D eigenvalue weighted by molar-refractivity contribution is 5.82. The SMILES string of the molecule is O=C(O)CCC1CCCCN1c1ncnc2nc[nH]c12. The number of fused-ring (bicyclic) bond motifs is 1. The van der Waals surface area contributed by atoms with Crippen LogP contribution in [0, 0.1) is 0 Å². The molecule has 1 aliphatic rings. The van der Waals surface area contributed by atoms with Gasteiger partial charge in [-0.05, 0) is 25.7 Å². The molecule has 7 nitrogen and oxygen atoms in total. The number of piperidine rings is 1. The minimum Gasteiger partial charge on any atom is -0.481 e. The van der Waals surface area contributed by atoms with Crippen molar-refractivity contribution >= 4 is 23.0 Å². The van der Waals surface area contributed by atoms with Crippen molar-refractivity contribution < 1.29 is 9.90 Å². The van der Waals surface area contributed by atoms with Gasteiger partial charge in [-0.1, -0.05) is 0 Å². The molecule has 1 aliphatic heterocycles. The Morgan fingerprint density at radius 2 is 2.30 bits per heavy atom. The molecule has 0 bridgehead atoms. The van der Waals surface area contributed by atoms with Crippen LogP contribution in [0.5, 0.6) is 0 Å². The molecule has 3 heterocycles. The Morgan fingerprint density at radius 3 is 3.15 bits per heavy atom. The molecular weight excluding hydrogens is 258 g/mol. The average molecular weight is 275 g/mol. The van der Waals surface area contributed by atoms with E-state index < -0.39 is 5.97 Å². The summed E-state index contributed by atoms with van der Waals surface area (Å²) < 4.78 is 0. The molecule has 0 saturated carbocycles. The maximum absolute atomic E-state index is 10.8. The van der Waals surface area contributed by atoms with Gasteiger partial charge in [-0.2, -0.15) is 0 Å². The maximum Gasteiger partial charge on any atom is 0.303 e. The molecule has 0 radical (unpaired) electrons. The smallest absolute Gasteiger partial charge is 0.303 e. The van der Waals surface area contributed by atoms with Crippen molar-refractivity contribution in [3.63, 3.8) is 0 Å². The summed E-state index contributed by atoms with van der Waals surface area (Å²) in [5.41, 5.74) is 1.48. The normalized spacial score (nSPS) is 19.4. The minimum atomic E-state index is -0.745. The Labute approximate surface area is 116 Å². The molecule has 0 aromatic carbocycles. The van der Waals surface area contributed by atoms with Crippen LogP contribution in [0.3, 0.4) is 0 Å². The molecule has 1 atom stereocenters. The number of carboxylic acids is 1. The lowest BCUT2D eigenvalue weighted by Gasteiger charge is -2.36. The van der Waals surface area contributed by atoms with E-state index in [1.165, 1.54) is 6.33 Å². The van der Waals surface area contributed by atoms with Crippen LogP contribution >= 0.6 is 0 Å². The second-order valence-corrected chi connectivity index (χ2v) is 5.07. The van der Waals surface area contributed by atoms with Crippen LogP contribution in [0.1, 0.15) is 32.1 Å². The lowest BCUT2D eigenvalue weighted by molar-refractivity contribution is -0.137. The van der Waals surface area contributed by atoms with Gasteiger partial charge >= 0.3 is 5.97 Å². The van der Waals surface area contributed by atoms with Crippen LogP contribution in [-0.4, -0.2) is 43.6 Å². The number of hydrogen-bond donors (Lipinski definition) is 2. The highest BCUT2D eigenvalue weighted by atomic mass is 16.4. The van der Waals surface area contributed by atoms with Crippen molar-refractivity contribution in [1.82, 2.24) is 19.9 Å². The second kappa shape index (κ2) is 5.44. The monoisotopic (exact) mass is 275 g/mol. The Balaban J connectivity index is 1.89. The van der Waals surface area contributed by atoms with Gasteiger partial charge < -0.3 is 15.0 Å². The van der Waals surface area contributed by atoms with Gasteiger partial charge in [0.1, 0.15) is 11.8 Å². The van der Waals surface area contributed by atoms with Gasteiger partial charge in [-0.3, -0.25) is 4.79 Å². The first-order valence-electron chi connectivity index (χ1n) is 6.88. The summed E-state index contributed by atoms with van der Waals surface area (Å²) in [6.07, 6.45) is 7.21. The topological polar surface area (TPSA) is 95.0 Å². The summed E-state index contributed by atoms with van der Waals surface area (Å²) in [6.45, 7) is 0.898. The fourth-order valence-corrected chi connectivity index (χ4v) is 2.84. The molecule has 0 amide bonds. The van der Waals surface area contributed by atoms with Crippen LogP contribution in [0.25, 0.3) is 11.2 Å². The summed E-state index contributed by atoms with van der Waals surface area (Å²) in [7, 11) is 0. The molecule has 2 N–H and O–H groups in total. The van der Waals surface area contributed by atoms with Crippen molar-refractivity contribution in [2.75, 3.05) is 11.4 Å². The number of nitrogens with one attached hydrogen (secondary N) is 1. The molecule has 2 aromatic rings. The third kappa shape index (κ3) is 2.43. The summed E-state index contributed by atoms with van der Waals surface area (Å²) in [6, 6.07) is 0.223. The predicted molar refractivity (Wildman–Crippen MR) is 73.5 cm³/mol. The van der Waals surface area contributed by atoms with Gasteiger partial charge in [0.15, 0.2) is 11.5 Å². The largest absolute Gasteiger partial charge is 0.481 e. The fraction of sp³-hybridized carbons (Fsp3) is 0.538. The minimum absolute atomic E-state index is 0.193. The third-order valence-corrected chi connectivity index (χ3v) is 3.79. The lowest BCUT2D eigenvalue weighted by atomic mass is 9.98. The Hall–Kier alpha value is -2.18. The Bertz CT molecular complexity index is 612. The van der Waals surface area contributed by atoms with Crippen LogP contribution in [0.4, 0.5) is 5.82 Å². The summed E-state index contributed by atoms with van der Waals surface area (Å²) in [5, 5.41) is 8.88. The molecule has 1 unspecified atom stereocenters. The molecule has 0 aliphatic carbocycles. The van der Waals surface area contributed by atoms with Gasteiger partial charge in [0.05, 0.1) is 6.33 Å². The highest BCUT2D eigenvalue weighted by Gasteiger charge is 2.26. The lowest BCUT2D eigenvalue weighted by Crippen LogP contribution is -2.40. The van der Waals surface area contributed by atoms with Gasteiger partial charge in [0.25, 0.3) is 0 Å². The Morgan fingerprint density at radius 1 is 1.40 bits per heavy atom. The van der Waals surface area contributed by atoms with E-state index in [4.69, 9.17) is 5.11 Å². The number of hydrogen-bond acceptors (Lipinski definition) is 5. The zero-order chi connectivity index (χ0) is 13.9. The van der Waals surface area contributed by atoms with Gasteiger partial charge in [0.2, 0.25) is 0 Å². The molecule has 106 valence electrons. The summed E-state index contributed by atoms with van der Waals surface area (Å²) in [5.74, 6) is 0.0903. The molecular formula is C13H17N5O2. The van der Waals surface area contributed by atoms with Crippen LogP contribution in [0.15, 0.2) is 12.7 Å². The number of aliphatic carboxylic acids is 1. The van der Waals surface area contributed by atoms with E-state index in [-0.39, 0.29) is 12.5 Å². The van der Waals surface area contributed by atoms with Crippen molar-refractivity contribution in [1.29, 1.82) is 0 Å². The molecule has 1 fully saturated rings. The molecule has 3 rings (SSSR count). The van der Waals surface area contributed by atoms with Crippen LogP contribution < -0.4 is 4.90 Å². The van der Waals surface area contributed by atoms with E-state index >= 15 is 0 Å². The zero-order valence-corrected chi connectivity index (χ0v) is 11.1. The van der Waals surface area contributed by atoms with Crippen LogP contribution in [-0.2, 0) is 4.79 Å². The van der Waals surface area contributed by atoms with E-state index in [0.717, 1.165) is 37.1 Å². The summed E-state index contributed by atoms with van der Waals surface area (Å²) in [4.78, 5) is 28.7. The van der Waals surface area contributed by atoms with E-state index in [1.807, 2.05) is 0 Å². The van der Waals surface area contributed by atoms with Crippen LogP contribution in [0.2, 0.25) is 0 Å². The number of rotatable bonds is 4. The van der Waals surface area contributed by atoms with E-state index in [9.17, 15) is 4.79 Å². The zero-order valence-electron chi connectivity index (χ0n) is 11.1. The quantitative estimate of drug-likeness (QED) is 0.879. The van der Waals surface area contributed by atoms with Gasteiger partial charge in [-0.15, -0.1) is 0 Å². The van der Waals surface area contributed by atoms with Gasteiger partial charge in [-0.25, -0.2) is 15.0 Å². The van der Waals surface area contributed by atoms with Crippen molar-refractivity contribution in [3.05, 3.63) is 12.7 Å². The first-order valence-corrected chi connectivity index (χ1v) is 6.88. The molecule has 2 aromatic heterocycles. The van der Waals surface area contributed by atoms with Crippen molar-refractivity contribution in [3.8, 4) is 0 Å². The number of H-pyrrole nitrogens is 1. The fourth-order valence-electron chi connectivity index (χ4n) is 2.84. The molecule has 20 heavy (non-hydrogen) atoms. The molecule has 0 spiro atoms. The number of carboxylic acid groups (broad SMARTS) is 1. The number of carbonyl (C=O) groups is 1. The number of nitrogens with zero attached hydrogens (tertiary/aromatic N) is 4. The molecule has 1 saturated heterocycles. The highest BCUT2D eigenvalue weighted by Crippen LogP contribution is 2.29. The Kier molecular flexibility index (Phi) is 3.49. The number of anilines is 1. The predicted octanol–water partition coefficient (Wildman–Crippen LogP) is 1.58. The first kappa shape index (κ1) is 12.8. The van der Waals surface area contributed by atoms with Crippen molar-refractivity contribution in [2.24, 2.45) is 0 Å². The maximum atomic E-state index is 10.8. The van der Waals surface area contributed by atoms with E-state index in [0.29, 0.717) is 12.1 Å². The number of imidazole rings is 1. The summed E-state index contributed by atoms with van der Waals surface area (Å²) >= 11 is 0. The number of aromatic amines is 1. The van der Waals surface area contributed by atoms with E-state index in [1.54, 1.807) is 6.33 Å². The second-order valence-electron chi connectivity index (χ2n) is 5.07. The standard InChI is InChI=1S/C13H17N5O2/c19-10(20)5-4-9-3-1-2-6-18(9)13-11-12(15-7-14-11)16-8-17-13/h7-9H,1-6H2,(H,19,20)(H,14,15,16,17). The van der Waals surface area contributed by atoms with Gasteiger partial charge in [0, 0.05) is 19.0 Å². The third-order valence-electron chi connectivity index (χ3n) is 3.79. The number of aromatic nitrogens is 4. The van der Waals surface area contributed by atoms with E-state index in [2.05, 4.69) is 24.8 Å². The average Bonchev–Trinajstić information content (AvgIpc) is 2.93. The van der Waals surface area contributed by atoms with Crippen molar-refractivity contribution in [2.45, 2.75) is 38.1 Å².